The number of thioether (sulfide) groups is 2. The quantitative estimate of drug-likeness (QED) is 0.421. The van der Waals surface area contributed by atoms with Gasteiger partial charge in [-0.25, -0.2) is 8.42 Å². The first-order valence-corrected chi connectivity index (χ1v) is 13.8. The Morgan fingerprint density at radius 3 is 3.00 bits per heavy atom. The van der Waals surface area contributed by atoms with Crippen molar-refractivity contribution in [1.82, 2.24) is 10.2 Å². The summed E-state index contributed by atoms with van der Waals surface area (Å²) in [6.45, 7) is 0.364. The average Bonchev–Trinajstić information content (AvgIpc) is 3.44. The van der Waals surface area contributed by atoms with Gasteiger partial charge < -0.3 is 4.90 Å². The molecule has 3 aromatic rings. The molecule has 0 bridgehead atoms. The Labute approximate surface area is 188 Å². The number of thiophene rings is 1. The molecule has 30 heavy (non-hydrogen) atoms. The van der Waals surface area contributed by atoms with E-state index in [-0.39, 0.29) is 11.7 Å². The molecular weight excluding hydrogens is 483 g/mol. The third kappa shape index (κ3) is 4.12. The summed E-state index contributed by atoms with van der Waals surface area (Å²) in [5.74, 6) is 0.518. The van der Waals surface area contributed by atoms with Crippen molar-refractivity contribution in [3.05, 3.63) is 46.2 Å². The van der Waals surface area contributed by atoms with Crippen molar-refractivity contribution in [3.8, 4) is 0 Å². The van der Waals surface area contributed by atoms with Gasteiger partial charge >= 0.3 is 0 Å². The first kappa shape index (κ1) is 20.0. The zero-order chi connectivity index (χ0) is 20.7. The van der Waals surface area contributed by atoms with Crippen molar-refractivity contribution in [2.75, 3.05) is 22.5 Å². The Bertz CT molecular complexity index is 1250. The largest absolute Gasteiger partial charge is 0.318 e. The minimum atomic E-state index is -3.41. The molecule has 2 aliphatic heterocycles. The molecule has 0 aliphatic carbocycles. The van der Waals surface area contributed by atoms with Gasteiger partial charge in [-0.05, 0) is 41.4 Å². The van der Waals surface area contributed by atoms with Crippen LogP contribution in [0.1, 0.15) is 15.2 Å². The molecule has 4 heterocycles. The van der Waals surface area contributed by atoms with Crippen LogP contribution in [-0.4, -0.2) is 42.0 Å². The summed E-state index contributed by atoms with van der Waals surface area (Å²) in [6.07, 6.45) is 0. The number of aromatic nitrogens is 2. The Morgan fingerprint density at radius 2 is 2.17 bits per heavy atom. The van der Waals surface area contributed by atoms with Crippen LogP contribution in [0.15, 0.2) is 49.3 Å². The molecule has 0 unspecified atom stereocenters. The van der Waals surface area contributed by atoms with Crippen molar-refractivity contribution >= 4 is 78.1 Å². The molecule has 0 atom stereocenters. The predicted molar refractivity (Wildman–Crippen MR) is 123 cm³/mol. The van der Waals surface area contributed by atoms with Crippen molar-refractivity contribution in [2.45, 2.75) is 15.0 Å². The topological polar surface area (TPSA) is 105 Å². The second-order valence-electron chi connectivity index (χ2n) is 6.29. The van der Waals surface area contributed by atoms with E-state index in [0.717, 1.165) is 20.7 Å². The summed E-state index contributed by atoms with van der Waals surface area (Å²) in [6, 6.07) is 9.37. The molecule has 13 heteroatoms. The summed E-state index contributed by atoms with van der Waals surface area (Å²) in [5, 5.41) is 13.9. The number of benzene rings is 1. The van der Waals surface area contributed by atoms with Crippen molar-refractivity contribution in [3.63, 3.8) is 0 Å². The van der Waals surface area contributed by atoms with Gasteiger partial charge in [0.05, 0.1) is 11.4 Å². The zero-order valence-electron chi connectivity index (χ0n) is 15.1. The van der Waals surface area contributed by atoms with E-state index in [1.54, 1.807) is 35.2 Å². The van der Waals surface area contributed by atoms with Crippen LogP contribution >= 0.6 is 46.2 Å². The molecule has 0 fully saturated rings. The molecule has 2 aromatic heterocycles. The molecule has 5 rings (SSSR count). The maximum atomic E-state index is 12.7. The van der Waals surface area contributed by atoms with Crippen LogP contribution in [0.2, 0.25) is 0 Å². The highest BCUT2D eigenvalue weighted by Gasteiger charge is 2.33. The Morgan fingerprint density at radius 1 is 1.27 bits per heavy atom. The van der Waals surface area contributed by atoms with Crippen molar-refractivity contribution in [1.29, 1.82) is 0 Å². The van der Waals surface area contributed by atoms with E-state index in [2.05, 4.69) is 26.0 Å². The molecule has 8 nitrogen and oxygen atoms in total. The number of nitrogens with one attached hydrogen (secondary N) is 1. The smallest absolute Gasteiger partial charge is 0.257 e. The number of amidine groups is 1. The zero-order valence-corrected chi connectivity index (χ0v) is 19.2. The van der Waals surface area contributed by atoms with Gasteiger partial charge in [-0.3, -0.25) is 10.1 Å². The molecular formula is C17H13N5O3S5. The summed E-state index contributed by atoms with van der Waals surface area (Å²) in [4.78, 5) is 16.6. The number of sulfonamides is 1. The molecule has 154 valence electrons. The van der Waals surface area contributed by atoms with E-state index in [4.69, 9.17) is 0 Å². The Hall–Kier alpha value is -1.93. The van der Waals surface area contributed by atoms with Crippen LogP contribution in [0.5, 0.6) is 0 Å². The fraction of sp³-hybridized carbons (Fsp3) is 0.176. The summed E-state index contributed by atoms with van der Waals surface area (Å²) < 4.78 is 28.1. The number of amides is 1. The number of carbonyl (C=O) groups excluding carboxylic acids is 1. The van der Waals surface area contributed by atoms with E-state index >= 15 is 0 Å². The fourth-order valence-corrected chi connectivity index (χ4v) is 7.70. The maximum absolute atomic E-state index is 12.7. The number of hydrogen-bond acceptors (Lipinski definition) is 10. The molecule has 1 amide bonds. The number of nitrogens with zero attached hydrogens (tertiary/aromatic N) is 4. The standard InChI is InChI=1S/C17H13N5O3S5/c23-14(18-15-19-20-17(29-15)27-9-11-2-1-6-26-11)10-3-4-12-13(8-10)28-16-21-30(24,25)7-5-22(12)16/h1-4,6,8H,5,7,9H2,(H,18,19,23). The molecule has 0 saturated heterocycles. The number of hydrogen-bond donors (Lipinski definition) is 1. The fourth-order valence-electron chi connectivity index (χ4n) is 2.89. The van der Waals surface area contributed by atoms with Crippen LogP contribution in [0.4, 0.5) is 10.8 Å². The highest BCUT2D eigenvalue weighted by molar-refractivity contribution is 8.15. The highest BCUT2D eigenvalue weighted by atomic mass is 32.2. The van der Waals surface area contributed by atoms with Crippen molar-refractivity contribution < 1.29 is 13.2 Å². The van der Waals surface area contributed by atoms with Gasteiger partial charge in [-0.1, -0.05) is 29.2 Å². The van der Waals surface area contributed by atoms with E-state index < -0.39 is 10.0 Å². The summed E-state index contributed by atoms with van der Waals surface area (Å²) in [5.41, 5.74) is 1.33. The number of rotatable bonds is 5. The van der Waals surface area contributed by atoms with Gasteiger partial charge in [0.1, 0.15) is 0 Å². The first-order valence-electron chi connectivity index (χ1n) is 8.69. The van der Waals surface area contributed by atoms with Crippen LogP contribution in [0.3, 0.4) is 0 Å². The lowest BCUT2D eigenvalue weighted by molar-refractivity contribution is 0.102. The lowest BCUT2D eigenvalue weighted by atomic mass is 10.2. The normalized spacial score (nSPS) is 16.7. The van der Waals surface area contributed by atoms with Gasteiger partial charge in [0.15, 0.2) is 9.51 Å². The molecule has 0 radical (unpaired) electrons. The van der Waals surface area contributed by atoms with E-state index in [1.807, 2.05) is 22.4 Å². The maximum Gasteiger partial charge on any atom is 0.257 e. The Balaban J connectivity index is 1.27. The van der Waals surface area contributed by atoms with Crippen LogP contribution in [0.25, 0.3) is 0 Å². The highest BCUT2D eigenvalue weighted by Crippen LogP contribution is 2.42. The van der Waals surface area contributed by atoms with Gasteiger partial charge in [-0.15, -0.1) is 25.9 Å². The third-order valence-corrected chi connectivity index (χ3v) is 9.67. The predicted octanol–water partition coefficient (Wildman–Crippen LogP) is 3.76. The second kappa shape index (κ2) is 7.96. The summed E-state index contributed by atoms with van der Waals surface area (Å²) in [7, 11) is -3.41. The minimum Gasteiger partial charge on any atom is -0.318 e. The summed E-state index contributed by atoms with van der Waals surface area (Å²) >= 11 is 5.87. The van der Waals surface area contributed by atoms with E-state index in [1.165, 1.54) is 28.0 Å². The van der Waals surface area contributed by atoms with Gasteiger partial charge in [0, 0.05) is 27.6 Å². The lowest BCUT2D eigenvalue weighted by Gasteiger charge is -2.22. The van der Waals surface area contributed by atoms with Crippen LogP contribution in [0, 0.1) is 0 Å². The van der Waals surface area contributed by atoms with Gasteiger partial charge in [-0.2, -0.15) is 0 Å². The molecule has 0 spiro atoms. The lowest BCUT2D eigenvalue weighted by Crippen LogP contribution is -2.35. The molecule has 1 N–H and O–H groups in total. The number of carbonyl (C=O) groups is 1. The number of fused-ring (bicyclic) bond motifs is 3. The van der Waals surface area contributed by atoms with E-state index in [9.17, 15) is 13.2 Å². The molecule has 0 saturated carbocycles. The molecule has 1 aromatic carbocycles. The van der Waals surface area contributed by atoms with E-state index in [0.29, 0.717) is 22.4 Å². The van der Waals surface area contributed by atoms with Crippen LogP contribution < -0.4 is 10.2 Å². The van der Waals surface area contributed by atoms with Crippen molar-refractivity contribution in [2.24, 2.45) is 4.40 Å². The Kier molecular flexibility index (Phi) is 5.31. The molecule has 2 aliphatic rings. The number of anilines is 2. The van der Waals surface area contributed by atoms with Crippen LogP contribution in [-0.2, 0) is 15.8 Å². The third-order valence-electron chi connectivity index (χ3n) is 4.28. The first-order chi connectivity index (χ1) is 14.5. The SMILES string of the molecule is O=C(Nc1nnc(SCc2cccs2)s1)c1ccc2c(c1)SC1=NS(=O)(=O)CCN12. The average molecular weight is 496 g/mol. The monoisotopic (exact) mass is 495 g/mol. The second-order valence-corrected chi connectivity index (χ2v) is 12.3. The minimum absolute atomic E-state index is 0.0113. The van der Waals surface area contributed by atoms with Gasteiger partial charge in [0.2, 0.25) is 5.13 Å². The van der Waals surface area contributed by atoms with Gasteiger partial charge in [0.25, 0.3) is 15.9 Å².